The highest BCUT2D eigenvalue weighted by atomic mass is 19.1. The van der Waals surface area contributed by atoms with Gasteiger partial charge in [0.1, 0.15) is 5.82 Å². The van der Waals surface area contributed by atoms with Gasteiger partial charge in [0.25, 0.3) is 0 Å². The van der Waals surface area contributed by atoms with E-state index in [0.717, 1.165) is 31.5 Å². The molecule has 0 amide bonds. The first-order chi connectivity index (χ1) is 8.13. The second-order valence-corrected chi connectivity index (χ2v) is 4.63. The summed E-state index contributed by atoms with van der Waals surface area (Å²) in [6.07, 6.45) is 2.09. The number of hydrogen-bond acceptors (Lipinski definition) is 2. The molecule has 0 radical (unpaired) electrons. The molecule has 0 heterocycles. The third-order valence-electron chi connectivity index (χ3n) is 2.83. The SMILES string of the molecule is CCC(NCCCN(C)C)c1cccc(F)c1. The van der Waals surface area contributed by atoms with Crippen molar-refractivity contribution in [1.29, 1.82) is 0 Å². The minimum atomic E-state index is -0.156. The Kier molecular flexibility index (Phi) is 6.16. The van der Waals surface area contributed by atoms with E-state index in [9.17, 15) is 4.39 Å². The molecule has 0 aliphatic rings. The summed E-state index contributed by atoms with van der Waals surface area (Å²) in [7, 11) is 4.15. The Hall–Kier alpha value is -0.930. The summed E-state index contributed by atoms with van der Waals surface area (Å²) in [6, 6.07) is 7.12. The molecule has 1 N–H and O–H groups in total. The zero-order valence-electron chi connectivity index (χ0n) is 11.0. The molecule has 2 nitrogen and oxygen atoms in total. The van der Waals surface area contributed by atoms with Crippen LogP contribution in [-0.2, 0) is 0 Å². The smallest absolute Gasteiger partial charge is 0.123 e. The average Bonchev–Trinajstić information content (AvgIpc) is 2.29. The predicted octanol–water partition coefficient (Wildman–Crippen LogP) is 2.82. The van der Waals surface area contributed by atoms with E-state index in [1.165, 1.54) is 6.07 Å². The molecule has 0 aliphatic carbocycles. The van der Waals surface area contributed by atoms with E-state index >= 15 is 0 Å². The monoisotopic (exact) mass is 238 g/mol. The minimum absolute atomic E-state index is 0.156. The van der Waals surface area contributed by atoms with Crippen LogP contribution in [-0.4, -0.2) is 32.1 Å². The van der Waals surface area contributed by atoms with E-state index in [-0.39, 0.29) is 11.9 Å². The molecule has 96 valence electrons. The van der Waals surface area contributed by atoms with Gasteiger partial charge in [-0.15, -0.1) is 0 Å². The largest absolute Gasteiger partial charge is 0.310 e. The van der Waals surface area contributed by atoms with Crippen molar-refractivity contribution in [2.75, 3.05) is 27.2 Å². The lowest BCUT2D eigenvalue weighted by Gasteiger charge is -2.18. The topological polar surface area (TPSA) is 15.3 Å². The minimum Gasteiger partial charge on any atom is -0.310 e. The Bertz CT molecular complexity index is 326. The summed E-state index contributed by atoms with van der Waals surface area (Å²) in [5.74, 6) is -0.156. The Balaban J connectivity index is 2.43. The molecule has 0 aromatic heterocycles. The van der Waals surface area contributed by atoms with Gasteiger partial charge in [-0.05, 0) is 57.7 Å². The fourth-order valence-electron chi connectivity index (χ4n) is 1.89. The summed E-state index contributed by atoms with van der Waals surface area (Å²) in [4.78, 5) is 2.17. The van der Waals surface area contributed by atoms with Crippen molar-refractivity contribution in [3.63, 3.8) is 0 Å². The van der Waals surface area contributed by atoms with Gasteiger partial charge in [-0.1, -0.05) is 19.1 Å². The van der Waals surface area contributed by atoms with Gasteiger partial charge in [0.15, 0.2) is 0 Å². The maximum Gasteiger partial charge on any atom is 0.123 e. The standard InChI is InChI=1S/C14H23FN2/c1-4-14(16-9-6-10-17(2)3)12-7-5-8-13(15)11-12/h5,7-8,11,14,16H,4,6,9-10H2,1-3H3. The van der Waals surface area contributed by atoms with Gasteiger partial charge in [-0.3, -0.25) is 0 Å². The van der Waals surface area contributed by atoms with Crippen LogP contribution in [0.3, 0.4) is 0 Å². The molecule has 1 rings (SSSR count). The first-order valence-corrected chi connectivity index (χ1v) is 6.27. The fourth-order valence-corrected chi connectivity index (χ4v) is 1.89. The van der Waals surface area contributed by atoms with Crippen molar-refractivity contribution in [2.24, 2.45) is 0 Å². The van der Waals surface area contributed by atoms with Crippen LogP contribution in [0.15, 0.2) is 24.3 Å². The van der Waals surface area contributed by atoms with E-state index in [4.69, 9.17) is 0 Å². The van der Waals surface area contributed by atoms with Gasteiger partial charge < -0.3 is 10.2 Å². The Labute approximate surface area is 104 Å². The van der Waals surface area contributed by atoms with Crippen LogP contribution < -0.4 is 5.32 Å². The molecule has 0 aliphatic heterocycles. The number of halogens is 1. The lowest BCUT2D eigenvalue weighted by atomic mass is 10.0. The van der Waals surface area contributed by atoms with Gasteiger partial charge in [-0.2, -0.15) is 0 Å². The van der Waals surface area contributed by atoms with Crippen molar-refractivity contribution in [3.05, 3.63) is 35.6 Å². The van der Waals surface area contributed by atoms with Gasteiger partial charge in [0, 0.05) is 6.04 Å². The van der Waals surface area contributed by atoms with Crippen LogP contribution in [0.4, 0.5) is 4.39 Å². The van der Waals surface area contributed by atoms with Crippen LogP contribution in [0, 0.1) is 5.82 Å². The Morgan fingerprint density at radius 2 is 2.12 bits per heavy atom. The fraction of sp³-hybridized carbons (Fsp3) is 0.571. The number of benzene rings is 1. The predicted molar refractivity (Wildman–Crippen MR) is 70.6 cm³/mol. The van der Waals surface area contributed by atoms with Crippen LogP contribution >= 0.6 is 0 Å². The van der Waals surface area contributed by atoms with E-state index in [0.29, 0.717) is 0 Å². The molecule has 3 heteroatoms. The number of nitrogens with zero attached hydrogens (tertiary/aromatic N) is 1. The highest BCUT2D eigenvalue weighted by Gasteiger charge is 2.08. The van der Waals surface area contributed by atoms with E-state index in [1.807, 2.05) is 6.07 Å². The molecular formula is C14H23FN2. The average molecular weight is 238 g/mol. The lowest BCUT2D eigenvalue weighted by Crippen LogP contribution is -2.25. The van der Waals surface area contributed by atoms with Crippen LogP contribution in [0.5, 0.6) is 0 Å². The zero-order chi connectivity index (χ0) is 12.7. The maximum absolute atomic E-state index is 13.1. The molecule has 1 unspecified atom stereocenters. The molecule has 1 aromatic carbocycles. The molecule has 17 heavy (non-hydrogen) atoms. The summed E-state index contributed by atoms with van der Waals surface area (Å²) in [5.41, 5.74) is 1.04. The summed E-state index contributed by atoms with van der Waals surface area (Å²) < 4.78 is 13.1. The molecule has 0 saturated heterocycles. The molecule has 0 fully saturated rings. The van der Waals surface area contributed by atoms with E-state index in [1.54, 1.807) is 12.1 Å². The second-order valence-electron chi connectivity index (χ2n) is 4.63. The molecule has 0 bridgehead atoms. The van der Waals surface area contributed by atoms with Crippen molar-refractivity contribution >= 4 is 0 Å². The summed E-state index contributed by atoms with van der Waals surface area (Å²) >= 11 is 0. The van der Waals surface area contributed by atoms with E-state index in [2.05, 4.69) is 31.2 Å². The normalized spacial score (nSPS) is 13.0. The number of rotatable bonds is 7. The van der Waals surface area contributed by atoms with Crippen LogP contribution in [0.1, 0.15) is 31.4 Å². The molecule has 1 atom stereocenters. The van der Waals surface area contributed by atoms with Crippen LogP contribution in [0.25, 0.3) is 0 Å². The number of hydrogen-bond donors (Lipinski definition) is 1. The lowest BCUT2D eigenvalue weighted by molar-refractivity contribution is 0.385. The third kappa shape index (κ3) is 5.29. The third-order valence-corrected chi connectivity index (χ3v) is 2.83. The first-order valence-electron chi connectivity index (χ1n) is 6.27. The number of nitrogens with one attached hydrogen (secondary N) is 1. The van der Waals surface area contributed by atoms with Crippen molar-refractivity contribution in [1.82, 2.24) is 10.2 Å². The van der Waals surface area contributed by atoms with Crippen molar-refractivity contribution in [3.8, 4) is 0 Å². The van der Waals surface area contributed by atoms with E-state index < -0.39 is 0 Å². The molecule has 0 saturated carbocycles. The van der Waals surface area contributed by atoms with Gasteiger partial charge in [0.05, 0.1) is 0 Å². The zero-order valence-corrected chi connectivity index (χ0v) is 11.0. The van der Waals surface area contributed by atoms with Gasteiger partial charge >= 0.3 is 0 Å². The quantitative estimate of drug-likeness (QED) is 0.735. The van der Waals surface area contributed by atoms with Crippen LogP contribution in [0.2, 0.25) is 0 Å². The molecular weight excluding hydrogens is 215 g/mol. The maximum atomic E-state index is 13.1. The second kappa shape index (κ2) is 7.41. The molecule has 1 aromatic rings. The Morgan fingerprint density at radius 3 is 2.71 bits per heavy atom. The molecule has 0 spiro atoms. The highest BCUT2D eigenvalue weighted by Crippen LogP contribution is 2.17. The van der Waals surface area contributed by atoms with Crippen molar-refractivity contribution < 1.29 is 4.39 Å². The first kappa shape index (κ1) is 14.1. The Morgan fingerprint density at radius 1 is 1.35 bits per heavy atom. The van der Waals surface area contributed by atoms with Crippen molar-refractivity contribution in [2.45, 2.75) is 25.8 Å². The highest BCUT2D eigenvalue weighted by molar-refractivity contribution is 5.19. The van der Waals surface area contributed by atoms with Gasteiger partial charge in [-0.25, -0.2) is 4.39 Å². The van der Waals surface area contributed by atoms with Gasteiger partial charge in [0.2, 0.25) is 0 Å². The summed E-state index contributed by atoms with van der Waals surface area (Å²) in [5, 5.41) is 3.47. The summed E-state index contributed by atoms with van der Waals surface area (Å²) in [6.45, 7) is 4.16.